The monoisotopic (exact) mass is 309 g/mol. The van der Waals surface area contributed by atoms with Crippen molar-refractivity contribution in [3.8, 4) is 6.07 Å². The number of hydrogen-bond acceptors (Lipinski definition) is 3. The third-order valence-electron chi connectivity index (χ3n) is 2.57. The van der Waals surface area contributed by atoms with Gasteiger partial charge in [-0.2, -0.15) is 5.26 Å². The summed E-state index contributed by atoms with van der Waals surface area (Å²) in [4.78, 5) is 1.15. The SMILES string of the molecule is CC(N)C(c1cc(Br)cs1)n1cccc1C#N. The van der Waals surface area contributed by atoms with Gasteiger partial charge in [-0.25, -0.2) is 0 Å². The van der Waals surface area contributed by atoms with Crippen molar-refractivity contribution in [3.05, 3.63) is 44.8 Å². The molecule has 2 rings (SSSR count). The summed E-state index contributed by atoms with van der Waals surface area (Å²) in [6.07, 6.45) is 1.90. The van der Waals surface area contributed by atoms with Gasteiger partial charge in [-0.05, 0) is 41.1 Å². The molecule has 2 heterocycles. The van der Waals surface area contributed by atoms with Crippen molar-refractivity contribution in [2.75, 3.05) is 0 Å². The van der Waals surface area contributed by atoms with Crippen LogP contribution in [0.15, 0.2) is 34.2 Å². The minimum Gasteiger partial charge on any atom is -0.330 e. The van der Waals surface area contributed by atoms with Crippen LogP contribution in [-0.4, -0.2) is 10.6 Å². The normalized spacial score (nSPS) is 14.2. The molecule has 3 nitrogen and oxygen atoms in total. The average Bonchev–Trinajstić information content (AvgIpc) is 2.88. The van der Waals surface area contributed by atoms with Gasteiger partial charge in [0.2, 0.25) is 0 Å². The quantitative estimate of drug-likeness (QED) is 0.947. The molecule has 0 aromatic carbocycles. The van der Waals surface area contributed by atoms with Crippen molar-refractivity contribution in [2.45, 2.75) is 19.0 Å². The molecule has 0 bridgehead atoms. The van der Waals surface area contributed by atoms with E-state index < -0.39 is 0 Å². The van der Waals surface area contributed by atoms with Crippen molar-refractivity contribution in [1.82, 2.24) is 4.57 Å². The average molecular weight is 310 g/mol. The molecule has 0 saturated heterocycles. The van der Waals surface area contributed by atoms with Gasteiger partial charge in [0.05, 0.1) is 6.04 Å². The van der Waals surface area contributed by atoms with Crippen LogP contribution in [0.5, 0.6) is 0 Å². The van der Waals surface area contributed by atoms with Crippen molar-refractivity contribution in [2.24, 2.45) is 5.73 Å². The molecule has 0 aliphatic heterocycles. The van der Waals surface area contributed by atoms with Crippen LogP contribution in [0, 0.1) is 11.3 Å². The first-order chi connectivity index (χ1) is 8.13. The van der Waals surface area contributed by atoms with E-state index in [0.717, 1.165) is 9.35 Å². The molecule has 0 aliphatic carbocycles. The van der Waals surface area contributed by atoms with E-state index in [9.17, 15) is 0 Å². The summed E-state index contributed by atoms with van der Waals surface area (Å²) >= 11 is 5.09. The standard InChI is InChI=1S/C12H12BrN3S/c1-8(15)12(11-5-9(13)7-17-11)16-4-2-3-10(16)6-14/h2-5,7-8,12H,15H2,1H3. The number of halogens is 1. The lowest BCUT2D eigenvalue weighted by atomic mass is 10.1. The van der Waals surface area contributed by atoms with Crippen LogP contribution in [-0.2, 0) is 0 Å². The van der Waals surface area contributed by atoms with Crippen LogP contribution in [0.4, 0.5) is 0 Å². The molecule has 0 radical (unpaired) electrons. The Hall–Kier alpha value is -1.09. The Labute approximate surface area is 113 Å². The van der Waals surface area contributed by atoms with Crippen LogP contribution in [0.3, 0.4) is 0 Å². The molecule has 0 spiro atoms. The largest absolute Gasteiger partial charge is 0.330 e. The fourth-order valence-corrected chi connectivity index (χ4v) is 3.52. The van der Waals surface area contributed by atoms with Gasteiger partial charge in [0, 0.05) is 27.0 Å². The van der Waals surface area contributed by atoms with Crippen LogP contribution in [0.25, 0.3) is 0 Å². The number of rotatable bonds is 3. The lowest BCUT2D eigenvalue weighted by Crippen LogP contribution is -2.29. The second-order valence-corrected chi connectivity index (χ2v) is 5.74. The van der Waals surface area contributed by atoms with E-state index in [1.807, 2.05) is 29.1 Å². The summed E-state index contributed by atoms with van der Waals surface area (Å²) in [6.45, 7) is 1.96. The van der Waals surface area contributed by atoms with Crippen LogP contribution in [0.1, 0.15) is 23.5 Å². The third-order valence-corrected chi connectivity index (χ3v) is 4.33. The minimum atomic E-state index is -0.0555. The number of nitrogens with two attached hydrogens (primary N) is 1. The molecule has 0 saturated carbocycles. The Bertz CT molecular complexity index is 550. The van der Waals surface area contributed by atoms with Gasteiger partial charge in [0.25, 0.3) is 0 Å². The Kier molecular flexibility index (Phi) is 3.67. The predicted molar refractivity (Wildman–Crippen MR) is 73.0 cm³/mol. The first-order valence-electron chi connectivity index (χ1n) is 5.20. The van der Waals surface area contributed by atoms with Crippen molar-refractivity contribution in [1.29, 1.82) is 5.26 Å². The first-order valence-corrected chi connectivity index (χ1v) is 6.87. The van der Waals surface area contributed by atoms with Gasteiger partial charge in [0.1, 0.15) is 11.8 Å². The second kappa shape index (κ2) is 5.05. The number of nitriles is 1. The molecule has 0 fully saturated rings. The molecule has 2 aromatic heterocycles. The van der Waals surface area contributed by atoms with Gasteiger partial charge in [-0.1, -0.05) is 0 Å². The van der Waals surface area contributed by atoms with Crippen molar-refractivity contribution < 1.29 is 0 Å². The number of aromatic nitrogens is 1. The molecule has 88 valence electrons. The van der Waals surface area contributed by atoms with E-state index in [1.165, 1.54) is 0 Å². The van der Waals surface area contributed by atoms with E-state index in [0.29, 0.717) is 5.69 Å². The highest BCUT2D eigenvalue weighted by molar-refractivity contribution is 9.10. The highest BCUT2D eigenvalue weighted by atomic mass is 79.9. The number of nitrogens with zero attached hydrogens (tertiary/aromatic N) is 2. The molecular weight excluding hydrogens is 298 g/mol. The summed E-state index contributed by atoms with van der Waals surface area (Å²) in [7, 11) is 0. The minimum absolute atomic E-state index is 0.0101. The smallest absolute Gasteiger partial charge is 0.120 e. The van der Waals surface area contributed by atoms with Gasteiger partial charge < -0.3 is 10.3 Å². The molecule has 0 aliphatic rings. The topological polar surface area (TPSA) is 54.7 Å². The molecule has 5 heteroatoms. The molecular formula is C12H12BrN3S. The van der Waals surface area contributed by atoms with E-state index in [2.05, 4.69) is 28.1 Å². The van der Waals surface area contributed by atoms with Gasteiger partial charge in [-0.3, -0.25) is 0 Å². The van der Waals surface area contributed by atoms with E-state index >= 15 is 0 Å². The second-order valence-electron chi connectivity index (χ2n) is 3.88. The zero-order valence-corrected chi connectivity index (χ0v) is 11.7. The van der Waals surface area contributed by atoms with Crippen LogP contribution < -0.4 is 5.73 Å². The van der Waals surface area contributed by atoms with E-state index in [1.54, 1.807) is 17.4 Å². The molecule has 2 aromatic rings. The summed E-state index contributed by atoms with van der Waals surface area (Å²) < 4.78 is 2.98. The Morgan fingerprint density at radius 2 is 2.35 bits per heavy atom. The zero-order chi connectivity index (χ0) is 12.4. The maximum Gasteiger partial charge on any atom is 0.120 e. The summed E-state index contributed by atoms with van der Waals surface area (Å²) in [6, 6.07) is 7.87. The number of thiophene rings is 1. The van der Waals surface area contributed by atoms with Crippen LogP contribution in [0.2, 0.25) is 0 Å². The van der Waals surface area contributed by atoms with E-state index in [4.69, 9.17) is 11.0 Å². The van der Waals surface area contributed by atoms with Gasteiger partial charge >= 0.3 is 0 Å². The molecule has 17 heavy (non-hydrogen) atoms. The molecule has 0 amide bonds. The fourth-order valence-electron chi connectivity index (χ4n) is 1.86. The highest BCUT2D eigenvalue weighted by Gasteiger charge is 2.21. The lowest BCUT2D eigenvalue weighted by Gasteiger charge is -2.22. The van der Waals surface area contributed by atoms with Crippen molar-refractivity contribution in [3.63, 3.8) is 0 Å². The lowest BCUT2D eigenvalue weighted by molar-refractivity contribution is 0.502. The summed E-state index contributed by atoms with van der Waals surface area (Å²) in [5.74, 6) is 0. The Balaban J connectivity index is 2.47. The fraction of sp³-hybridized carbons (Fsp3) is 0.250. The van der Waals surface area contributed by atoms with Crippen molar-refractivity contribution >= 4 is 27.3 Å². The van der Waals surface area contributed by atoms with Gasteiger partial charge in [0.15, 0.2) is 0 Å². The van der Waals surface area contributed by atoms with E-state index in [-0.39, 0.29) is 12.1 Å². The molecule has 2 unspecified atom stereocenters. The maximum absolute atomic E-state index is 9.07. The maximum atomic E-state index is 9.07. The number of hydrogen-bond donors (Lipinski definition) is 1. The molecule has 2 N–H and O–H groups in total. The first kappa shape index (κ1) is 12.4. The zero-order valence-electron chi connectivity index (χ0n) is 9.30. The predicted octanol–water partition coefficient (Wildman–Crippen LogP) is 3.12. The Morgan fingerprint density at radius 3 is 2.88 bits per heavy atom. The molecule has 2 atom stereocenters. The summed E-state index contributed by atoms with van der Waals surface area (Å²) in [5, 5.41) is 11.1. The highest BCUT2D eigenvalue weighted by Crippen LogP contribution is 2.30. The third kappa shape index (κ3) is 2.44. The van der Waals surface area contributed by atoms with Gasteiger partial charge in [-0.15, -0.1) is 11.3 Å². The van der Waals surface area contributed by atoms with Crippen LogP contribution >= 0.6 is 27.3 Å². The summed E-state index contributed by atoms with van der Waals surface area (Å²) in [5.41, 5.74) is 6.69. The Morgan fingerprint density at radius 1 is 1.59 bits per heavy atom.